The monoisotopic (exact) mass is 321 g/mol. The van der Waals surface area contributed by atoms with E-state index in [4.69, 9.17) is 23.2 Å². The highest BCUT2D eigenvalue weighted by Gasteiger charge is 2.37. The van der Waals surface area contributed by atoms with E-state index in [1.54, 1.807) is 24.3 Å². The summed E-state index contributed by atoms with van der Waals surface area (Å²) in [5.74, 6) is -0.470. The molecule has 1 saturated heterocycles. The molecule has 4 nitrogen and oxygen atoms in total. The van der Waals surface area contributed by atoms with Gasteiger partial charge in [0.25, 0.3) is 0 Å². The van der Waals surface area contributed by atoms with E-state index in [1.807, 2.05) is 0 Å². The van der Waals surface area contributed by atoms with Gasteiger partial charge in [-0.1, -0.05) is 29.8 Å². The summed E-state index contributed by atoms with van der Waals surface area (Å²) in [6.07, 6.45) is 0.111. The highest BCUT2D eigenvalue weighted by atomic mass is 35.5. The number of alkyl halides is 1. The molecule has 0 saturated carbocycles. The van der Waals surface area contributed by atoms with Crippen molar-refractivity contribution in [2.45, 2.75) is 17.8 Å². The van der Waals surface area contributed by atoms with Crippen LogP contribution in [0.2, 0.25) is 5.02 Å². The van der Waals surface area contributed by atoms with Gasteiger partial charge in [-0.3, -0.25) is 4.79 Å². The molecular weight excluding hydrogens is 309 g/mol. The Balaban J connectivity index is 1.98. The Morgan fingerprint density at radius 2 is 2.00 bits per heavy atom. The maximum atomic E-state index is 11.9. The first-order valence-corrected chi connectivity index (χ1v) is 8.38. The molecule has 0 spiro atoms. The van der Waals surface area contributed by atoms with Crippen LogP contribution in [-0.4, -0.2) is 37.2 Å². The molecule has 0 radical (unpaired) electrons. The van der Waals surface area contributed by atoms with Crippen LogP contribution in [0, 0.1) is 0 Å². The number of carbonyl (C=O) groups is 1. The Bertz CT molecular complexity index is 588. The number of hydrogen-bond donors (Lipinski definition) is 1. The summed E-state index contributed by atoms with van der Waals surface area (Å²) in [5, 5.41) is 2.60. The lowest BCUT2D eigenvalue weighted by atomic mass is 10.1. The van der Waals surface area contributed by atoms with Gasteiger partial charge in [0, 0.05) is 5.02 Å². The van der Waals surface area contributed by atoms with Gasteiger partial charge in [0.15, 0.2) is 9.84 Å². The maximum absolute atomic E-state index is 11.9. The Morgan fingerprint density at radius 1 is 1.32 bits per heavy atom. The maximum Gasteiger partial charge on any atom is 0.224 e. The van der Waals surface area contributed by atoms with E-state index in [1.165, 1.54) is 0 Å². The van der Waals surface area contributed by atoms with E-state index in [0.29, 0.717) is 10.6 Å². The molecule has 1 fully saturated rings. The lowest BCUT2D eigenvalue weighted by Gasteiger charge is -2.14. The number of hydrogen-bond acceptors (Lipinski definition) is 3. The van der Waals surface area contributed by atoms with Crippen LogP contribution in [-0.2, 0) is 21.1 Å². The van der Waals surface area contributed by atoms with Crippen molar-refractivity contribution in [1.29, 1.82) is 0 Å². The molecule has 1 heterocycles. The minimum absolute atomic E-state index is 0.0917. The minimum Gasteiger partial charge on any atom is -0.351 e. The first-order valence-electron chi connectivity index (χ1n) is 5.74. The fourth-order valence-electron chi connectivity index (χ4n) is 2.01. The lowest BCUT2D eigenvalue weighted by Crippen LogP contribution is -2.41. The number of amides is 1. The Labute approximate surface area is 122 Å². The van der Waals surface area contributed by atoms with Gasteiger partial charge >= 0.3 is 0 Å². The molecule has 0 bridgehead atoms. The number of rotatable bonds is 3. The largest absolute Gasteiger partial charge is 0.351 e. The third kappa shape index (κ3) is 3.84. The molecule has 0 aliphatic carbocycles. The summed E-state index contributed by atoms with van der Waals surface area (Å²) in [5.41, 5.74) is 0.702. The van der Waals surface area contributed by atoms with Crippen LogP contribution in [0.5, 0.6) is 0 Å². The van der Waals surface area contributed by atoms with Gasteiger partial charge in [-0.05, 0) is 11.6 Å². The Kier molecular flexibility index (Phi) is 4.38. The van der Waals surface area contributed by atoms with E-state index in [9.17, 15) is 13.2 Å². The molecule has 0 unspecified atom stereocenters. The average molecular weight is 322 g/mol. The van der Waals surface area contributed by atoms with E-state index in [2.05, 4.69) is 5.32 Å². The van der Waals surface area contributed by atoms with Gasteiger partial charge in [0.1, 0.15) is 0 Å². The fraction of sp³-hybridized carbons (Fsp3) is 0.417. The van der Waals surface area contributed by atoms with E-state index in [0.717, 1.165) is 0 Å². The number of sulfone groups is 1. The molecular formula is C12H13Cl2NO3S. The highest BCUT2D eigenvalue weighted by Crippen LogP contribution is 2.19. The molecule has 104 valence electrons. The molecule has 1 aliphatic heterocycles. The number of carbonyl (C=O) groups excluding carboxylic acids is 1. The second kappa shape index (κ2) is 5.69. The van der Waals surface area contributed by atoms with Crippen LogP contribution in [0.4, 0.5) is 0 Å². The summed E-state index contributed by atoms with van der Waals surface area (Å²) in [4.78, 5) is 11.9. The quantitative estimate of drug-likeness (QED) is 0.856. The molecule has 19 heavy (non-hydrogen) atoms. The summed E-state index contributed by atoms with van der Waals surface area (Å²) < 4.78 is 22.8. The van der Waals surface area contributed by atoms with Crippen molar-refractivity contribution in [3.8, 4) is 0 Å². The van der Waals surface area contributed by atoms with Crippen molar-refractivity contribution in [1.82, 2.24) is 5.32 Å². The van der Waals surface area contributed by atoms with Gasteiger partial charge in [-0.25, -0.2) is 8.42 Å². The topological polar surface area (TPSA) is 63.2 Å². The smallest absolute Gasteiger partial charge is 0.224 e. The molecule has 1 aliphatic rings. The number of halogens is 2. The zero-order valence-electron chi connectivity index (χ0n) is 9.97. The average Bonchev–Trinajstić information content (AvgIpc) is 2.55. The first kappa shape index (κ1) is 14.6. The molecule has 1 amide bonds. The predicted molar refractivity (Wildman–Crippen MR) is 75.4 cm³/mol. The molecule has 7 heteroatoms. The summed E-state index contributed by atoms with van der Waals surface area (Å²) in [6.45, 7) is 0. The third-order valence-corrected chi connectivity index (χ3v) is 5.68. The molecule has 1 aromatic carbocycles. The van der Waals surface area contributed by atoms with Gasteiger partial charge in [0.05, 0.1) is 29.3 Å². The standard InChI is InChI=1S/C12H13Cl2NO3S/c13-9-4-2-1-3-8(9)5-12(16)15-11-7-19(17,18)6-10(11)14/h1-4,10-11H,5-7H2,(H,15,16)/t10-,11+/m1/s1. The summed E-state index contributed by atoms with van der Waals surface area (Å²) in [6, 6.07) is 6.50. The molecule has 1 aromatic rings. The lowest BCUT2D eigenvalue weighted by molar-refractivity contribution is -0.120. The number of benzene rings is 1. The zero-order valence-corrected chi connectivity index (χ0v) is 12.3. The summed E-state index contributed by atoms with van der Waals surface area (Å²) >= 11 is 11.9. The van der Waals surface area contributed by atoms with Crippen LogP contribution >= 0.6 is 23.2 Å². The van der Waals surface area contributed by atoms with Crippen LogP contribution in [0.25, 0.3) is 0 Å². The zero-order chi connectivity index (χ0) is 14.0. The second-order valence-corrected chi connectivity index (χ2v) is 7.66. The number of nitrogens with one attached hydrogen (secondary N) is 1. The normalized spacial score (nSPS) is 25.2. The highest BCUT2D eigenvalue weighted by molar-refractivity contribution is 7.91. The van der Waals surface area contributed by atoms with Crippen molar-refractivity contribution < 1.29 is 13.2 Å². The van der Waals surface area contributed by atoms with Gasteiger partial charge in [-0.2, -0.15) is 0 Å². The molecule has 1 N–H and O–H groups in total. The molecule has 2 rings (SSSR count). The predicted octanol–water partition coefficient (Wildman–Crippen LogP) is 1.40. The Hall–Kier alpha value is -0.780. The Morgan fingerprint density at radius 3 is 2.58 bits per heavy atom. The van der Waals surface area contributed by atoms with Gasteiger partial charge < -0.3 is 5.32 Å². The van der Waals surface area contributed by atoms with Gasteiger partial charge in [0.2, 0.25) is 5.91 Å². The van der Waals surface area contributed by atoms with Crippen LogP contribution in [0.1, 0.15) is 5.56 Å². The van der Waals surface area contributed by atoms with E-state index < -0.39 is 21.3 Å². The van der Waals surface area contributed by atoms with Crippen molar-refractivity contribution in [2.75, 3.05) is 11.5 Å². The minimum atomic E-state index is -3.14. The third-order valence-electron chi connectivity index (χ3n) is 2.94. The molecule has 0 aromatic heterocycles. The van der Waals surface area contributed by atoms with E-state index >= 15 is 0 Å². The van der Waals surface area contributed by atoms with E-state index in [-0.39, 0.29) is 23.8 Å². The first-order chi connectivity index (χ1) is 8.87. The summed E-state index contributed by atoms with van der Waals surface area (Å²) in [7, 11) is -3.14. The van der Waals surface area contributed by atoms with Crippen LogP contribution < -0.4 is 5.32 Å². The second-order valence-electron chi connectivity index (χ2n) is 4.54. The van der Waals surface area contributed by atoms with Crippen LogP contribution in [0.3, 0.4) is 0 Å². The van der Waals surface area contributed by atoms with Crippen molar-refractivity contribution in [2.24, 2.45) is 0 Å². The van der Waals surface area contributed by atoms with Crippen molar-refractivity contribution >= 4 is 38.9 Å². The van der Waals surface area contributed by atoms with Gasteiger partial charge in [-0.15, -0.1) is 11.6 Å². The van der Waals surface area contributed by atoms with Crippen molar-refractivity contribution in [3.63, 3.8) is 0 Å². The van der Waals surface area contributed by atoms with Crippen molar-refractivity contribution in [3.05, 3.63) is 34.9 Å². The molecule has 2 atom stereocenters. The SMILES string of the molecule is O=C(Cc1ccccc1Cl)N[C@H]1CS(=O)(=O)C[C@H]1Cl. The fourth-order valence-corrected chi connectivity index (χ4v) is 4.76. The van der Waals surface area contributed by atoms with Crippen LogP contribution in [0.15, 0.2) is 24.3 Å².